The molecule has 0 bridgehead atoms. The van der Waals surface area contributed by atoms with Crippen LogP contribution in [0.25, 0.3) is 10.9 Å². The highest BCUT2D eigenvalue weighted by molar-refractivity contribution is 5.99. The molecule has 0 saturated carbocycles. The number of benzene rings is 2. The van der Waals surface area contributed by atoms with E-state index >= 15 is 0 Å². The summed E-state index contributed by atoms with van der Waals surface area (Å²) >= 11 is 0. The number of phenols is 1. The molecule has 33 heteroatoms. The van der Waals surface area contributed by atoms with E-state index in [9.17, 15) is 71.3 Å². The lowest BCUT2D eigenvalue weighted by Crippen LogP contribution is -2.61. The lowest BCUT2D eigenvalue weighted by molar-refractivity contribution is -0.192. The predicted octanol–water partition coefficient (Wildman–Crippen LogP) is -0.805. The number of halogens is 3. The molecule has 2 fully saturated rings. The maximum atomic E-state index is 14.7. The van der Waals surface area contributed by atoms with E-state index in [0.29, 0.717) is 41.6 Å². The van der Waals surface area contributed by atoms with Gasteiger partial charge in [0.05, 0.1) is 12.9 Å². The highest BCUT2D eigenvalue weighted by Gasteiger charge is 2.41. The van der Waals surface area contributed by atoms with E-state index in [1.807, 2.05) is 19.9 Å². The maximum Gasteiger partial charge on any atom is 0.490 e. The third-order valence-corrected chi connectivity index (χ3v) is 15.2. The number of likely N-dealkylation sites (N-methyl/N-ethyl adjacent to an activating group) is 1. The van der Waals surface area contributed by atoms with Gasteiger partial charge in [-0.05, 0) is 93.0 Å². The topological polar surface area (TPSA) is 469 Å². The molecular weight excluding hydrogens is 1240 g/mol. The number of rotatable bonds is 32. The van der Waals surface area contributed by atoms with Crippen LogP contribution in [-0.4, -0.2) is 193 Å². The molecule has 6 rings (SSSR count). The van der Waals surface area contributed by atoms with Crippen molar-refractivity contribution in [2.24, 2.45) is 28.3 Å². The summed E-state index contributed by atoms with van der Waals surface area (Å²) in [5.41, 5.74) is 13.3. The summed E-state index contributed by atoms with van der Waals surface area (Å²) in [5.74, 6) is -10.3. The van der Waals surface area contributed by atoms with E-state index in [1.54, 1.807) is 45.2 Å². The van der Waals surface area contributed by atoms with E-state index in [1.165, 1.54) is 41.7 Å². The van der Waals surface area contributed by atoms with Crippen LogP contribution in [0.3, 0.4) is 0 Å². The Morgan fingerprint density at radius 2 is 1.26 bits per heavy atom. The van der Waals surface area contributed by atoms with Gasteiger partial charge in [0.25, 0.3) is 0 Å². The van der Waals surface area contributed by atoms with Crippen molar-refractivity contribution in [3.05, 3.63) is 84.1 Å². The van der Waals surface area contributed by atoms with Gasteiger partial charge >= 0.3 is 12.1 Å². The fourth-order valence-electron chi connectivity index (χ4n) is 10.5. The Morgan fingerprint density at radius 3 is 1.79 bits per heavy atom. The first-order valence-corrected chi connectivity index (χ1v) is 30.7. The molecule has 30 nitrogen and oxygen atoms in total. The molecule has 0 spiro atoms. The third-order valence-electron chi connectivity index (χ3n) is 15.2. The zero-order valence-electron chi connectivity index (χ0n) is 52.8. The summed E-state index contributed by atoms with van der Waals surface area (Å²) in [6.07, 6.45) is 0.721. The monoisotopic (exact) mass is 1320 g/mol. The first-order valence-electron chi connectivity index (χ1n) is 30.7. The fraction of sp³-hybridized carbons (Fsp3) is 0.525. The summed E-state index contributed by atoms with van der Waals surface area (Å²) in [4.78, 5) is 164. The number of carboxylic acid groups (broad SMARTS) is 1. The summed E-state index contributed by atoms with van der Waals surface area (Å²) in [7, 11) is 0. The Hall–Kier alpha value is -9.82. The number of carboxylic acids is 1. The number of para-hydroxylation sites is 1. The number of aliphatic hydroxyl groups excluding tert-OH is 1. The second-order valence-electron chi connectivity index (χ2n) is 23.6. The number of aromatic nitrogens is 3. The fourth-order valence-corrected chi connectivity index (χ4v) is 10.5. The van der Waals surface area contributed by atoms with E-state index in [2.05, 4.69) is 67.8 Å². The molecule has 2 aliphatic heterocycles. The molecule has 2 aromatic heterocycles. The van der Waals surface area contributed by atoms with Crippen LogP contribution in [0.15, 0.2) is 72.2 Å². The standard InChI is InChI=1S/C59H84N16O12.C2HF3O2/c1-6-63-57(86)48-14-10-22-75(48)58(87)41(13-9-21-64-59(60)61)68-51(80)42(23-32(2)3)69-52(81)43(24-33(4)5)70-53(82)44(25-34-15-17-37(77)18-16-34)71-56(85)47(30-76)74-54(83)45(26-35-28-65-39-12-8-7-11-38(35)39)72-55(84)46(27-36-29-62-31-66-36)73-50(79)40-19-20-49(78)67-40;3-2(4,5)1(6)7/h7-8,11-12,15-18,28-29,31-33,40-48,65,76-77H,6,9-10,13-14,19-27,30H2,1-5H3,(H,62,66)(H,63,86)(H,67,78)(H,68,80)(H,69,81)(H,70,82)(H,71,85)(H,72,84)(H,73,79)(H,74,83)(H4,60,61,64);(H,6,7)/t40-,41-,42+,43+,44-,45-,46-,47-,48-;/m0./s1. The molecule has 0 aliphatic carbocycles. The van der Waals surface area contributed by atoms with Crippen molar-refractivity contribution >= 4 is 81.9 Å². The van der Waals surface area contributed by atoms with Gasteiger partial charge in [-0.1, -0.05) is 58.0 Å². The number of hydrogen-bond acceptors (Lipinski definition) is 15. The van der Waals surface area contributed by atoms with Crippen molar-refractivity contribution in [2.75, 3.05) is 26.2 Å². The molecule has 4 heterocycles. The number of carbonyl (C=O) groups is 11. The summed E-state index contributed by atoms with van der Waals surface area (Å²) in [6.45, 7) is 8.82. The number of fused-ring (bicyclic) bond motifs is 1. The minimum Gasteiger partial charge on any atom is -0.508 e. The average Bonchev–Trinajstić information content (AvgIpc) is 2.61. The Balaban J connectivity index is 0.00000216. The van der Waals surface area contributed by atoms with E-state index in [-0.39, 0.29) is 106 Å². The lowest BCUT2D eigenvalue weighted by atomic mass is 9.98. The molecule has 2 aliphatic rings. The number of nitrogens with one attached hydrogen (secondary N) is 11. The molecule has 18 N–H and O–H groups in total. The molecule has 4 aromatic rings. The largest absolute Gasteiger partial charge is 0.508 e. The van der Waals surface area contributed by atoms with Gasteiger partial charge in [-0.25, -0.2) is 9.78 Å². The van der Waals surface area contributed by atoms with Crippen molar-refractivity contribution in [1.29, 1.82) is 0 Å². The Bertz CT molecular complexity index is 3290. The number of aliphatic carboxylic acids is 1. The number of carbonyl (C=O) groups excluding carboxylic acids is 10. The zero-order valence-corrected chi connectivity index (χ0v) is 52.8. The third kappa shape index (κ3) is 23.4. The van der Waals surface area contributed by atoms with Crippen LogP contribution < -0.4 is 59.3 Å². The number of aromatic amines is 2. The molecule has 9 atom stereocenters. The normalized spacial score (nSPS) is 16.7. The van der Waals surface area contributed by atoms with Crippen LogP contribution in [0.4, 0.5) is 13.2 Å². The van der Waals surface area contributed by atoms with Crippen LogP contribution in [-0.2, 0) is 72.0 Å². The van der Waals surface area contributed by atoms with E-state index < -0.39 is 120 Å². The van der Waals surface area contributed by atoms with Gasteiger partial charge in [-0.2, -0.15) is 13.2 Å². The Labute approximate surface area is 539 Å². The number of phenolic OH excluding ortho intramolecular Hbond substituents is 1. The van der Waals surface area contributed by atoms with Crippen LogP contribution in [0, 0.1) is 11.8 Å². The average molecular weight is 1320 g/mol. The summed E-state index contributed by atoms with van der Waals surface area (Å²) in [5, 5.41) is 53.0. The van der Waals surface area contributed by atoms with Gasteiger partial charge in [-0.3, -0.25) is 52.9 Å². The first kappa shape index (κ1) is 74.9. The number of nitrogens with two attached hydrogens (primary N) is 2. The van der Waals surface area contributed by atoms with Gasteiger partial charge in [-0.15, -0.1) is 0 Å². The van der Waals surface area contributed by atoms with Crippen molar-refractivity contribution in [3.8, 4) is 5.75 Å². The maximum absolute atomic E-state index is 14.7. The highest BCUT2D eigenvalue weighted by atomic mass is 19.4. The SMILES string of the molecule is CCNC(=O)[C@@H]1CCCN1C(=O)[C@H](CCCN=C(N)N)NC(=O)[C@@H](CC(C)C)NC(=O)[C@@H](CC(C)C)NC(=O)[C@H](Cc1ccc(O)cc1)NC(=O)[C@H](CO)NC(=O)[C@H](Cc1c[nH]c2ccccc12)NC(=O)[C@H](Cc1cnc[nH]1)NC(=O)[C@@H]1CCC(=O)N1.O=C(O)C(F)(F)F. The minimum absolute atomic E-state index is 0.0397. The Kier molecular flexibility index (Phi) is 28.6. The molecule has 2 saturated heterocycles. The van der Waals surface area contributed by atoms with Crippen molar-refractivity contribution < 1.29 is 81.2 Å². The highest BCUT2D eigenvalue weighted by Crippen LogP contribution is 2.23. The lowest BCUT2D eigenvalue weighted by Gasteiger charge is -2.31. The van der Waals surface area contributed by atoms with E-state index in [4.69, 9.17) is 21.4 Å². The number of nitrogens with zero attached hydrogens (tertiary/aromatic N) is 3. The quantitative estimate of drug-likeness (QED) is 0.0162. The number of imidazole rings is 1. The second-order valence-corrected chi connectivity index (χ2v) is 23.6. The molecule has 514 valence electrons. The van der Waals surface area contributed by atoms with Crippen LogP contribution >= 0.6 is 0 Å². The Morgan fingerprint density at radius 1 is 0.713 bits per heavy atom. The van der Waals surface area contributed by atoms with Crippen molar-refractivity contribution in [3.63, 3.8) is 0 Å². The van der Waals surface area contributed by atoms with Gasteiger partial charge < -0.3 is 89.5 Å². The number of aliphatic hydroxyl groups is 1. The smallest absolute Gasteiger partial charge is 0.490 e. The number of guanidine groups is 1. The second kappa shape index (κ2) is 35.8. The number of aliphatic imine (C=N–C) groups is 1. The number of hydrogen-bond donors (Lipinski definition) is 16. The van der Waals surface area contributed by atoms with Gasteiger partial charge in [0.1, 0.15) is 60.1 Å². The number of aromatic hydroxyl groups is 1. The van der Waals surface area contributed by atoms with Crippen molar-refractivity contribution in [1.82, 2.24) is 67.7 Å². The predicted molar refractivity (Wildman–Crippen MR) is 334 cm³/mol. The van der Waals surface area contributed by atoms with Crippen LogP contribution in [0.2, 0.25) is 0 Å². The number of alkyl halides is 3. The molecule has 94 heavy (non-hydrogen) atoms. The van der Waals surface area contributed by atoms with E-state index in [0.717, 1.165) is 5.52 Å². The number of likely N-dealkylation sites (tertiary alicyclic amines) is 1. The molecule has 0 radical (unpaired) electrons. The molecule has 2 aromatic carbocycles. The summed E-state index contributed by atoms with van der Waals surface area (Å²) < 4.78 is 31.7. The van der Waals surface area contributed by atoms with Gasteiger partial charge in [0.2, 0.25) is 59.1 Å². The van der Waals surface area contributed by atoms with Gasteiger partial charge in [0.15, 0.2) is 5.96 Å². The molecular formula is C61H85F3N16O14. The number of H-pyrrole nitrogens is 2. The van der Waals surface area contributed by atoms with Crippen LogP contribution in [0.5, 0.6) is 5.75 Å². The van der Waals surface area contributed by atoms with Crippen molar-refractivity contribution in [2.45, 2.75) is 166 Å². The first-order chi connectivity index (χ1) is 44.5. The zero-order chi connectivity index (χ0) is 69.4. The molecule has 10 amide bonds. The number of amides is 10. The van der Waals surface area contributed by atoms with Crippen LogP contribution in [0.1, 0.15) is 103 Å². The van der Waals surface area contributed by atoms with Gasteiger partial charge in [0, 0.05) is 74.3 Å². The summed E-state index contributed by atoms with van der Waals surface area (Å²) in [6, 6.07) is 1.58. The minimum atomic E-state index is -5.08. The molecule has 0 unspecified atom stereocenters.